The molecule has 1 aliphatic carbocycles. The summed E-state index contributed by atoms with van der Waals surface area (Å²) in [6.45, 7) is 2.02. The predicted octanol–water partition coefficient (Wildman–Crippen LogP) is 1.86. The van der Waals surface area contributed by atoms with Gasteiger partial charge in [-0.1, -0.05) is 31.4 Å². The van der Waals surface area contributed by atoms with Crippen molar-refractivity contribution in [2.75, 3.05) is 31.1 Å². The fraction of sp³-hybridized carbons (Fsp3) is 0.667. The van der Waals surface area contributed by atoms with Gasteiger partial charge in [-0.05, 0) is 43.4 Å². The van der Waals surface area contributed by atoms with Crippen LogP contribution in [0.15, 0.2) is 24.3 Å². The van der Waals surface area contributed by atoms with Gasteiger partial charge in [0.1, 0.15) is 11.6 Å². The first-order chi connectivity index (χ1) is 16.0. The molecule has 3 aliphatic rings. The van der Waals surface area contributed by atoms with Crippen molar-refractivity contribution in [2.45, 2.75) is 75.1 Å². The molecule has 1 spiro atoms. The number of hydrogen-bond acceptors (Lipinski definition) is 6. The van der Waals surface area contributed by atoms with E-state index in [9.17, 15) is 23.1 Å². The Kier molecular flexibility index (Phi) is 8.41. The lowest BCUT2D eigenvalue weighted by molar-refractivity contribution is -0.161. The Hall–Kier alpha value is -1.88. The number of hydrogen-bond donors (Lipinski definition) is 3. The highest BCUT2D eigenvalue weighted by molar-refractivity contribution is 7.92. The first kappa shape index (κ1) is 27.7. The molecule has 9 nitrogen and oxygen atoms in total. The Labute approximate surface area is 214 Å². The van der Waals surface area contributed by atoms with E-state index in [1.54, 1.807) is 24.1 Å². The zero-order valence-corrected chi connectivity index (χ0v) is 22.1. The number of amides is 2. The van der Waals surface area contributed by atoms with Gasteiger partial charge in [0.25, 0.3) is 0 Å². The summed E-state index contributed by atoms with van der Waals surface area (Å²) in [5.74, 6) is -0.226. The van der Waals surface area contributed by atoms with E-state index in [0.717, 1.165) is 31.1 Å². The SMILES string of the molecule is CN1C(=O)[C@@H](CC2(O)CCCCC2)NC(=O)C12CCN(Cc1ccc(NS(C)(=O)=O)cc1)CC2.Cl. The largest absolute Gasteiger partial charge is 0.390 e. The van der Waals surface area contributed by atoms with E-state index in [1.165, 1.54) is 0 Å². The van der Waals surface area contributed by atoms with Crippen LogP contribution in [0.3, 0.4) is 0 Å². The Bertz CT molecular complexity index is 1020. The van der Waals surface area contributed by atoms with E-state index < -0.39 is 27.2 Å². The third-order valence-electron chi connectivity index (χ3n) is 7.71. The van der Waals surface area contributed by atoms with Crippen LogP contribution in [-0.2, 0) is 26.2 Å². The standard InChI is InChI=1S/C24H36N4O5S.ClH/c1-27-21(29)20(16-23(31)10-4-3-5-11-23)25-22(30)24(27)12-14-28(15-13-24)17-18-6-8-19(9-7-18)26-34(2,32)33;/h6-9,20,26,31H,3-5,10-17H2,1-2H3,(H,25,30);1H/t20-;/m1./s1. The fourth-order valence-electron chi connectivity index (χ4n) is 5.68. The summed E-state index contributed by atoms with van der Waals surface area (Å²) in [5, 5.41) is 13.9. The smallest absolute Gasteiger partial charge is 0.246 e. The number of sulfonamides is 1. The first-order valence-electron chi connectivity index (χ1n) is 12.1. The average molecular weight is 529 g/mol. The maximum Gasteiger partial charge on any atom is 0.246 e. The van der Waals surface area contributed by atoms with Crippen molar-refractivity contribution in [3.8, 4) is 0 Å². The number of likely N-dealkylation sites (tertiary alicyclic amines) is 1. The lowest BCUT2D eigenvalue weighted by Crippen LogP contribution is -2.72. The second-order valence-corrected chi connectivity index (χ2v) is 12.0. The number of nitrogens with zero attached hydrogens (tertiary/aromatic N) is 2. The van der Waals surface area contributed by atoms with Gasteiger partial charge < -0.3 is 15.3 Å². The normalized spacial score (nSPS) is 24.5. The summed E-state index contributed by atoms with van der Waals surface area (Å²) in [6, 6.07) is 6.60. The number of piperidine rings is 1. The molecule has 196 valence electrons. The summed E-state index contributed by atoms with van der Waals surface area (Å²) in [5.41, 5.74) is -0.140. The van der Waals surface area contributed by atoms with Gasteiger partial charge in [0.15, 0.2) is 0 Å². The van der Waals surface area contributed by atoms with Crippen LogP contribution in [0.2, 0.25) is 0 Å². The maximum atomic E-state index is 13.2. The molecular weight excluding hydrogens is 492 g/mol. The summed E-state index contributed by atoms with van der Waals surface area (Å²) < 4.78 is 25.2. The van der Waals surface area contributed by atoms with Crippen molar-refractivity contribution in [1.82, 2.24) is 15.1 Å². The van der Waals surface area contributed by atoms with Gasteiger partial charge in [-0.15, -0.1) is 12.4 Å². The van der Waals surface area contributed by atoms with E-state index in [4.69, 9.17) is 0 Å². The molecule has 3 fully saturated rings. The van der Waals surface area contributed by atoms with Crippen molar-refractivity contribution in [3.63, 3.8) is 0 Å². The van der Waals surface area contributed by atoms with Crippen LogP contribution in [0.4, 0.5) is 5.69 Å². The van der Waals surface area contributed by atoms with Crippen molar-refractivity contribution in [3.05, 3.63) is 29.8 Å². The van der Waals surface area contributed by atoms with Gasteiger partial charge in [-0.2, -0.15) is 0 Å². The van der Waals surface area contributed by atoms with E-state index in [-0.39, 0.29) is 30.6 Å². The molecule has 35 heavy (non-hydrogen) atoms. The highest BCUT2D eigenvalue weighted by Crippen LogP contribution is 2.36. The molecule has 1 atom stereocenters. The second-order valence-electron chi connectivity index (χ2n) is 10.3. The lowest BCUT2D eigenvalue weighted by atomic mass is 9.77. The van der Waals surface area contributed by atoms with Crippen LogP contribution in [0.5, 0.6) is 0 Å². The number of nitrogens with one attached hydrogen (secondary N) is 2. The fourth-order valence-corrected chi connectivity index (χ4v) is 6.24. The number of piperazine rings is 1. The van der Waals surface area contributed by atoms with Crippen LogP contribution in [0.1, 0.15) is 56.9 Å². The van der Waals surface area contributed by atoms with E-state index in [1.807, 2.05) is 12.1 Å². The van der Waals surface area contributed by atoms with Crippen LogP contribution in [0, 0.1) is 0 Å². The van der Waals surface area contributed by atoms with Crippen molar-refractivity contribution in [2.24, 2.45) is 0 Å². The number of anilines is 1. The number of rotatable bonds is 6. The van der Waals surface area contributed by atoms with Crippen LogP contribution in [-0.4, -0.2) is 78.7 Å². The zero-order chi connectivity index (χ0) is 24.6. The number of halogens is 1. The molecule has 0 radical (unpaired) electrons. The van der Waals surface area contributed by atoms with Crippen LogP contribution in [0.25, 0.3) is 0 Å². The summed E-state index contributed by atoms with van der Waals surface area (Å²) >= 11 is 0. The van der Waals surface area contributed by atoms with Gasteiger partial charge in [-0.25, -0.2) is 8.42 Å². The Morgan fingerprint density at radius 2 is 1.66 bits per heavy atom. The molecule has 0 unspecified atom stereocenters. The van der Waals surface area contributed by atoms with Crippen molar-refractivity contribution < 1.29 is 23.1 Å². The maximum absolute atomic E-state index is 13.2. The summed E-state index contributed by atoms with van der Waals surface area (Å²) in [4.78, 5) is 30.3. The first-order valence-corrected chi connectivity index (χ1v) is 14.0. The molecule has 3 N–H and O–H groups in total. The third-order valence-corrected chi connectivity index (χ3v) is 8.32. The Morgan fingerprint density at radius 3 is 2.23 bits per heavy atom. The minimum Gasteiger partial charge on any atom is -0.390 e. The number of benzene rings is 1. The highest BCUT2D eigenvalue weighted by Gasteiger charge is 2.53. The van der Waals surface area contributed by atoms with E-state index in [2.05, 4.69) is 14.9 Å². The Balaban J connectivity index is 0.00000342. The Morgan fingerprint density at radius 1 is 1.06 bits per heavy atom. The van der Waals surface area contributed by atoms with Crippen molar-refractivity contribution in [1.29, 1.82) is 0 Å². The molecule has 4 rings (SSSR count). The molecule has 11 heteroatoms. The average Bonchev–Trinajstić information content (AvgIpc) is 2.78. The molecule has 2 amide bonds. The minimum atomic E-state index is -3.31. The van der Waals surface area contributed by atoms with E-state index >= 15 is 0 Å². The zero-order valence-electron chi connectivity index (χ0n) is 20.5. The predicted molar refractivity (Wildman–Crippen MR) is 137 cm³/mol. The van der Waals surface area contributed by atoms with Gasteiger partial charge in [0.05, 0.1) is 11.9 Å². The van der Waals surface area contributed by atoms with Crippen LogP contribution < -0.4 is 10.0 Å². The number of carbonyl (C=O) groups is 2. The molecule has 1 aromatic carbocycles. The highest BCUT2D eigenvalue weighted by atomic mass is 35.5. The number of carbonyl (C=O) groups excluding carboxylic acids is 2. The van der Waals surface area contributed by atoms with Gasteiger partial charge in [0.2, 0.25) is 21.8 Å². The van der Waals surface area contributed by atoms with Crippen LogP contribution >= 0.6 is 12.4 Å². The molecule has 2 saturated heterocycles. The summed E-state index contributed by atoms with van der Waals surface area (Å²) in [6.07, 6.45) is 6.88. The second kappa shape index (κ2) is 10.6. The topological polar surface area (TPSA) is 119 Å². The lowest BCUT2D eigenvalue weighted by Gasteiger charge is -2.51. The minimum absolute atomic E-state index is 0. The van der Waals surface area contributed by atoms with E-state index in [0.29, 0.717) is 51.0 Å². The molecule has 1 aromatic rings. The molecule has 1 saturated carbocycles. The third kappa shape index (κ3) is 6.28. The molecule has 2 aliphatic heterocycles. The molecular formula is C24H37ClN4O5S. The van der Waals surface area contributed by atoms with Crippen molar-refractivity contribution >= 4 is 39.9 Å². The molecule has 0 aromatic heterocycles. The summed E-state index contributed by atoms with van der Waals surface area (Å²) in [7, 11) is -1.58. The molecule has 0 bridgehead atoms. The van der Waals surface area contributed by atoms with Gasteiger partial charge in [0, 0.05) is 38.8 Å². The quantitative estimate of drug-likeness (QED) is 0.518. The number of aliphatic hydroxyl groups is 1. The monoisotopic (exact) mass is 528 g/mol. The molecule has 2 heterocycles. The number of likely N-dealkylation sites (N-methyl/N-ethyl adjacent to an activating group) is 1. The van der Waals surface area contributed by atoms with Gasteiger partial charge >= 0.3 is 0 Å². The van der Waals surface area contributed by atoms with Gasteiger partial charge in [-0.3, -0.25) is 19.2 Å².